The van der Waals surface area contributed by atoms with Gasteiger partial charge in [0, 0.05) is 71.2 Å². The van der Waals surface area contributed by atoms with Gasteiger partial charge in [0.05, 0.1) is 18.4 Å². The van der Waals surface area contributed by atoms with Crippen molar-refractivity contribution in [2.45, 2.75) is 0 Å². The van der Waals surface area contributed by atoms with Crippen molar-refractivity contribution in [3.05, 3.63) is 52.9 Å². The molecule has 1 aromatic heterocycles. The lowest BCUT2D eigenvalue weighted by molar-refractivity contribution is -0.132. The normalized spacial score (nSPS) is 18.2. The largest absolute Gasteiger partial charge is 0.368 e. The van der Waals surface area contributed by atoms with Crippen molar-refractivity contribution in [2.24, 2.45) is 7.05 Å². The van der Waals surface area contributed by atoms with Gasteiger partial charge in [0.2, 0.25) is 5.91 Å². The highest BCUT2D eigenvalue weighted by molar-refractivity contribution is 5.78. The first-order valence-electron chi connectivity index (χ1n) is 10.2. The lowest BCUT2D eigenvalue weighted by Gasteiger charge is -2.39. The quantitative estimate of drug-likeness (QED) is 0.738. The number of carbonyl (C=O) groups is 1. The molecule has 0 unspecified atom stereocenters. The molecule has 0 atom stereocenters. The monoisotopic (exact) mass is 396 g/mol. The summed E-state index contributed by atoms with van der Waals surface area (Å²) in [4.78, 5) is 33.2. The van der Waals surface area contributed by atoms with Crippen LogP contribution in [0.15, 0.2) is 47.4 Å². The van der Waals surface area contributed by atoms with E-state index in [0.29, 0.717) is 6.54 Å². The molecule has 3 heterocycles. The van der Waals surface area contributed by atoms with E-state index in [1.165, 1.54) is 10.4 Å². The number of hydrogen-bond acceptors (Lipinski definition) is 6. The fourth-order valence-electron chi connectivity index (χ4n) is 3.94. The third-order valence-corrected chi connectivity index (χ3v) is 5.80. The molecule has 0 saturated carbocycles. The topological polar surface area (TPSA) is 64.9 Å². The Kier molecular flexibility index (Phi) is 5.80. The zero-order valence-electron chi connectivity index (χ0n) is 16.9. The van der Waals surface area contributed by atoms with Crippen LogP contribution < -0.4 is 15.4 Å². The smallest absolute Gasteiger partial charge is 0.268 e. The first-order valence-corrected chi connectivity index (χ1v) is 10.2. The van der Waals surface area contributed by atoms with Crippen LogP contribution in [-0.2, 0) is 11.8 Å². The number of benzene rings is 1. The average molecular weight is 396 g/mol. The summed E-state index contributed by atoms with van der Waals surface area (Å²) in [5, 5.41) is 4.09. The molecule has 0 radical (unpaired) electrons. The highest BCUT2D eigenvalue weighted by Crippen LogP contribution is 2.16. The highest BCUT2D eigenvalue weighted by Gasteiger charge is 2.25. The van der Waals surface area contributed by atoms with E-state index in [4.69, 9.17) is 0 Å². The van der Waals surface area contributed by atoms with E-state index in [0.717, 1.165) is 58.0 Å². The first-order chi connectivity index (χ1) is 14.1. The van der Waals surface area contributed by atoms with Crippen molar-refractivity contribution in [3.63, 3.8) is 0 Å². The maximum Gasteiger partial charge on any atom is 0.268 e. The number of piperazine rings is 2. The van der Waals surface area contributed by atoms with Crippen LogP contribution in [0.3, 0.4) is 0 Å². The van der Waals surface area contributed by atoms with Gasteiger partial charge in [-0.05, 0) is 12.1 Å². The van der Waals surface area contributed by atoms with Crippen LogP contribution in [-0.4, -0.2) is 84.4 Å². The summed E-state index contributed by atoms with van der Waals surface area (Å²) < 4.78 is 1.33. The van der Waals surface area contributed by atoms with Crippen molar-refractivity contribution in [1.29, 1.82) is 0 Å². The number of aryl methyl sites for hydroxylation is 1. The maximum absolute atomic E-state index is 12.7. The van der Waals surface area contributed by atoms with Crippen LogP contribution in [0.4, 0.5) is 11.4 Å². The average Bonchev–Trinajstić information content (AvgIpc) is 2.77. The second-order valence-corrected chi connectivity index (χ2v) is 7.64. The van der Waals surface area contributed by atoms with E-state index >= 15 is 0 Å². The second kappa shape index (κ2) is 8.65. The van der Waals surface area contributed by atoms with Crippen LogP contribution in [0.25, 0.3) is 0 Å². The Balaban J connectivity index is 1.24. The van der Waals surface area contributed by atoms with Gasteiger partial charge in [0.1, 0.15) is 0 Å². The molecule has 8 heteroatoms. The molecule has 1 aromatic carbocycles. The lowest BCUT2D eigenvalue weighted by atomic mass is 10.2. The number of rotatable bonds is 4. The minimum Gasteiger partial charge on any atom is -0.368 e. The first kappa shape index (κ1) is 19.4. The van der Waals surface area contributed by atoms with Gasteiger partial charge in [-0.2, -0.15) is 5.10 Å². The molecule has 2 aliphatic heterocycles. The number of nitrogens with zero attached hydrogens (tertiary/aromatic N) is 6. The molecule has 2 aromatic rings. The molecule has 4 rings (SSSR count). The molecule has 2 saturated heterocycles. The standard InChI is InChI=1S/C21H28N6O2/c1-23-20(28)15-19(16-22-23)26-9-7-24(8-10-26)17-21(29)27-13-11-25(12-14-27)18-5-3-2-4-6-18/h2-6,15-16H,7-14,17H2,1H3. The zero-order valence-corrected chi connectivity index (χ0v) is 16.9. The van der Waals surface area contributed by atoms with Gasteiger partial charge in [0.15, 0.2) is 0 Å². The van der Waals surface area contributed by atoms with E-state index in [-0.39, 0.29) is 11.5 Å². The van der Waals surface area contributed by atoms with Crippen LogP contribution in [0, 0.1) is 0 Å². The Morgan fingerprint density at radius 3 is 2.17 bits per heavy atom. The molecule has 29 heavy (non-hydrogen) atoms. The Labute approximate surface area is 170 Å². The van der Waals surface area contributed by atoms with E-state index in [2.05, 4.69) is 44.1 Å². The Bertz CT molecular complexity index is 884. The Hall–Kier alpha value is -2.87. The summed E-state index contributed by atoms with van der Waals surface area (Å²) in [5.74, 6) is 0.210. The third kappa shape index (κ3) is 4.59. The van der Waals surface area contributed by atoms with Gasteiger partial charge in [-0.1, -0.05) is 18.2 Å². The molecule has 8 nitrogen and oxygen atoms in total. The molecule has 0 spiro atoms. The molecule has 0 aliphatic carbocycles. The summed E-state index contributed by atoms with van der Waals surface area (Å²) in [6.07, 6.45) is 1.73. The van der Waals surface area contributed by atoms with Crippen LogP contribution in [0.2, 0.25) is 0 Å². The van der Waals surface area contributed by atoms with E-state index < -0.39 is 0 Å². The number of hydrogen-bond donors (Lipinski definition) is 0. The molecule has 2 fully saturated rings. The zero-order chi connectivity index (χ0) is 20.2. The van der Waals surface area contributed by atoms with Crippen LogP contribution in [0.5, 0.6) is 0 Å². The van der Waals surface area contributed by atoms with Crippen molar-refractivity contribution in [3.8, 4) is 0 Å². The van der Waals surface area contributed by atoms with Crippen LogP contribution in [0.1, 0.15) is 0 Å². The molecular formula is C21H28N6O2. The number of amides is 1. The molecule has 2 aliphatic rings. The molecule has 1 amide bonds. The second-order valence-electron chi connectivity index (χ2n) is 7.64. The Morgan fingerprint density at radius 1 is 0.897 bits per heavy atom. The van der Waals surface area contributed by atoms with Gasteiger partial charge >= 0.3 is 0 Å². The van der Waals surface area contributed by atoms with Gasteiger partial charge in [-0.25, -0.2) is 4.68 Å². The van der Waals surface area contributed by atoms with E-state index in [9.17, 15) is 9.59 Å². The van der Waals surface area contributed by atoms with Crippen molar-refractivity contribution >= 4 is 17.3 Å². The summed E-state index contributed by atoms with van der Waals surface area (Å²) in [5.41, 5.74) is 1.98. The number of aromatic nitrogens is 2. The minimum atomic E-state index is -0.102. The van der Waals surface area contributed by atoms with Crippen molar-refractivity contribution in [1.82, 2.24) is 19.6 Å². The number of anilines is 2. The summed E-state index contributed by atoms with van der Waals surface area (Å²) in [6.45, 7) is 6.97. The SMILES string of the molecule is Cn1ncc(N2CCN(CC(=O)N3CCN(c4ccccc4)CC3)CC2)cc1=O. The summed E-state index contributed by atoms with van der Waals surface area (Å²) in [6, 6.07) is 12.0. The van der Waals surface area contributed by atoms with Gasteiger partial charge in [0.25, 0.3) is 5.56 Å². The van der Waals surface area contributed by atoms with E-state index in [1.807, 2.05) is 11.0 Å². The maximum atomic E-state index is 12.7. The summed E-state index contributed by atoms with van der Waals surface area (Å²) in [7, 11) is 1.65. The molecule has 0 N–H and O–H groups in total. The third-order valence-electron chi connectivity index (χ3n) is 5.80. The molecular weight excluding hydrogens is 368 g/mol. The van der Waals surface area contributed by atoms with Gasteiger partial charge in [-0.3, -0.25) is 14.5 Å². The predicted octanol–water partition coefficient (Wildman–Crippen LogP) is 0.251. The lowest BCUT2D eigenvalue weighted by Crippen LogP contribution is -2.54. The van der Waals surface area contributed by atoms with E-state index in [1.54, 1.807) is 19.3 Å². The molecule has 0 bridgehead atoms. The van der Waals surface area contributed by atoms with Gasteiger partial charge in [-0.15, -0.1) is 0 Å². The predicted molar refractivity (Wildman–Crippen MR) is 113 cm³/mol. The Morgan fingerprint density at radius 2 is 1.52 bits per heavy atom. The minimum absolute atomic E-state index is 0.102. The van der Waals surface area contributed by atoms with Gasteiger partial charge < -0.3 is 14.7 Å². The number of carbonyl (C=O) groups excluding carboxylic acids is 1. The highest BCUT2D eigenvalue weighted by atomic mass is 16.2. The fourth-order valence-corrected chi connectivity index (χ4v) is 3.94. The molecule has 154 valence electrons. The van der Waals surface area contributed by atoms with Crippen molar-refractivity contribution < 1.29 is 4.79 Å². The van der Waals surface area contributed by atoms with Crippen LogP contribution >= 0.6 is 0 Å². The summed E-state index contributed by atoms with van der Waals surface area (Å²) >= 11 is 0. The fraction of sp³-hybridized carbons (Fsp3) is 0.476. The van der Waals surface area contributed by atoms with Crippen molar-refractivity contribution in [2.75, 3.05) is 68.7 Å². The number of para-hydroxylation sites is 1.